The Morgan fingerprint density at radius 3 is 2.74 bits per heavy atom. The Bertz CT molecular complexity index is 830. The number of aromatic nitrogens is 4. The van der Waals surface area contributed by atoms with Crippen LogP contribution in [0.2, 0.25) is 5.02 Å². The van der Waals surface area contributed by atoms with Crippen molar-refractivity contribution in [3.05, 3.63) is 64.7 Å². The summed E-state index contributed by atoms with van der Waals surface area (Å²) in [6.07, 6.45) is 1.01. The third-order valence-corrected chi connectivity index (χ3v) is 4.35. The smallest absolute Gasteiger partial charge is 0.251 e. The molecule has 0 saturated carbocycles. The van der Waals surface area contributed by atoms with Gasteiger partial charge in [-0.15, -0.1) is 0 Å². The highest BCUT2D eigenvalue weighted by Gasteiger charge is 2.34. The van der Waals surface area contributed by atoms with Crippen LogP contribution < -0.4 is 4.90 Å². The fourth-order valence-electron chi connectivity index (χ4n) is 3.20. The van der Waals surface area contributed by atoms with Crippen LogP contribution in [0, 0.1) is 0 Å². The molecule has 0 fully saturated rings. The van der Waals surface area contributed by atoms with Crippen molar-refractivity contribution in [2.75, 3.05) is 11.4 Å². The van der Waals surface area contributed by atoms with Crippen LogP contribution in [-0.2, 0) is 0 Å². The van der Waals surface area contributed by atoms with E-state index in [4.69, 9.17) is 11.6 Å². The number of benzene rings is 2. The molecule has 0 saturated heterocycles. The van der Waals surface area contributed by atoms with Crippen molar-refractivity contribution in [1.29, 1.82) is 0 Å². The average molecular weight is 326 g/mol. The van der Waals surface area contributed by atoms with Crippen molar-refractivity contribution < 1.29 is 0 Å². The molecule has 23 heavy (non-hydrogen) atoms. The molecule has 1 aliphatic heterocycles. The standard InChI is InChI=1S/C17H16ClN5/c1-2-10-22-16(12-6-4-3-5-7-12)14-11-13(18)8-9-15(14)23-17(22)19-20-21-23/h3-9,11,16H,2,10H2,1H3. The molecule has 2 aromatic carbocycles. The molecule has 1 aliphatic rings. The Morgan fingerprint density at radius 1 is 1.13 bits per heavy atom. The molecule has 0 amide bonds. The maximum absolute atomic E-state index is 6.28. The largest absolute Gasteiger partial charge is 0.328 e. The molecule has 6 heteroatoms. The normalized spacial score (nSPS) is 16.1. The Labute approximate surface area is 139 Å². The molecule has 5 nitrogen and oxygen atoms in total. The summed E-state index contributed by atoms with van der Waals surface area (Å²) >= 11 is 6.28. The second-order valence-electron chi connectivity index (χ2n) is 5.60. The lowest BCUT2D eigenvalue weighted by atomic mass is 9.94. The van der Waals surface area contributed by atoms with Crippen LogP contribution in [0.4, 0.5) is 5.95 Å². The Kier molecular flexibility index (Phi) is 3.50. The second kappa shape index (κ2) is 5.66. The van der Waals surface area contributed by atoms with Gasteiger partial charge in [0.1, 0.15) is 0 Å². The summed E-state index contributed by atoms with van der Waals surface area (Å²) < 4.78 is 1.79. The van der Waals surface area contributed by atoms with E-state index in [2.05, 4.69) is 51.6 Å². The van der Waals surface area contributed by atoms with Crippen LogP contribution in [0.15, 0.2) is 48.5 Å². The SMILES string of the molecule is CCCN1c2nnnn2-c2ccc(Cl)cc2C1c1ccccc1. The van der Waals surface area contributed by atoms with E-state index in [1.54, 1.807) is 4.68 Å². The molecule has 1 atom stereocenters. The van der Waals surface area contributed by atoms with Gasteiger partial charge in [-0.1, -0.05) is 54.0 Å². The van der Waals surface area contributed by atoms with Crippen LogP contribution in [-0.4, -0.2) is 26.8 Å². The molecule has 0 bridgehead atoms. The van der Waals surface area contributed by atoms with Gasteiger partial charge in [-0.05, 0) is 40.6 Å². The summed E-state index contributed by atoms with van der Waals surface area (Å²) in [6.45, 7) is 3.02. The predicted molar refractivity (Wildman–Crippen MR) is 90.1 cm³/mol. The molecule has 4 rings (SSSR count). The number of nitrogens with zero attached hydrogens (tertiary/aromatic N) is 5. The highest BCUT2D eigenvalue weighted by atomic mass is 35.5. The first-order valence-corrected chi connectivity index (χ1v) is 8.07. The maximum Gasteiger partial charge on any atom is 0.251 e. The number of fused-ring (bicyclic) bond motifs is 3. The van der Waals surface area contributed by atoms with Crippen LogP contribution in [0.3, 0.4) is 0 Å². The van der Waals surface area contributed by atoms with Crippen molar-refractivity contribution in [3.8, 4) is 5.69 Å². The molecular weight excluding hydrogens is 310 g/mol. The van der Waals surface area contributed by atoms with Crippen LogP contribution in [0.5, 0.6) is 0 Å². The van der Waals surface area contributed by atoms with Gasteiger partial charge < -0.3 is 4.90 Å². The first-order chi connectivity index (χ1) is 11.3. The zero-order chi connectivity index (χ0) is 15.8. The lowest BCUT2D eigenvalue weighted by Gasteiger charge is -2.37. The molecule has 0 radical (unpaired) electrons. The highest BCUT2D eigenvalue weighted by Crippen LogP contribution is 2.40. The number of halogens is 1. The van der Waals surface area contributed by atoms with Crippen molar-refractivity contribution >= 4 is 17.5 Å². The summed E-state index contributed by atoms with van der Waals surface area (Å²) in [5.41, 5.74) is 3.31. The summed E-state index contributed by atoms with van der Waals surface area (Å²) in [7, 11) is 0. The van der Waals surface area contributed by atoms with Gasteiger partial charge in [0.05, 0.1) is 11.7 Å². The van der Waals surface area contributed by atoms with Gasteiger partial charge >= 0.3 is 0 Å². The quantitative estimate of drug-likeness (QED) is 0.737. The van der Waals surface area contributed by atoms with E-state index in [1.165, 1.54) is 5.56 Å². The Balaban J connectivity index is 1.97. The molecule has 1 unspecified atom stereocenters. The minimum absolute atomic E-state index is 0.0587. The van der Waals surface area contributed by atoms with Gasteiger partial charge in [-0.25, -0.2) is 0 Å². The van der Waals surface area contributed by atoms with Crippen molar-refractivity contribution in [1.82, 2.24) is 20.2 Å². The van der Waals surface area contributed by atoms with Gasteiger partial charge in [-0.2, -0.15) is 4.68 Å². The van der Waals surface area contributed by atoms with Crippen LogP contribution >= 0.6 is 11.6 Å². The number of hydrogen-bond donors (Lipinski definition) is 0. The summed E-state index contributed by atoms with van der Waals surface area (Å²) in [5.74, 6) is 0.774. The first kappa shape index (κ1) is 14.2. The lowest BCUT2D eigenvalue weighted by Crippen LogP contribution is -2.36. The van der Waals surface area contributed by atoms with Crippen molar-refractivity contribution in [2.45, 2.75) is 19.4 Å². The molecule has 1 aromatic heterocycles. The van der Waals surface area contributed by atoms with Crippen LogP contribution in [0.1, 0.15) is 30.5 Å². The molecule has 0 aliphatic carbocycles. The van der Waals surface area contributed by atoms with Gasteiger partial charge in [0.25, 0.3) is 5.95 Å². The zero-order valence-electron chi connectivity index (χ0n) is 12.7. The maximum atomic E-state index is 6.28. The molecule has 2 heterocycles. The third-order valence-electron chi connectivity index (χ3n) is 4.11. The summed E-state index contributed by atoms with van der Waals surface area (Å²) in [4.78, 5) is 2.24. The number of hydrogen-bond acceptors (Lipinski definition) is 4. The first-order valence-electron chi connectivity index (χ1n) is 7.69. The third kappa shape index (κ3) is 2.28. The number of anilines is 1. The van der Waals surface area contributed by atoms with E-state index in [0.29, 0.717) is 0 Å². The predicted octanol–water partition coefficient (Wildman–Crippen LogP) is 3.64. The second-order valence-corrected chi connectivity index (χ2v) is 6.04. The van der Waals surface area contributed by atoms with Gasteiger partial charge in [-0.3, -0.25) is 0 Å². The lowest BCUT2D eigenvalue weighted by molar-refractivity contribution is 0.622. The van der Waals surface area contributed by atoms with E-state index >= 15 is 0 Å². The molecular formula is C17H16ClN5. The summed E-state index contributed by atoms with van der Waals surface area (Å²) in [5, 5.41) is 13.0. The molecule has 0 spiro atoms. The fraction of sp³-hybridized carbons (Fsp3) is 0.235. The molecule has 3 aromatic rings. The van der Waals surface area contributed by atoms with Crippen LogP contribution in [0.25, 0.3) is 5.69 Å². The van der Waals surface area contributed by atoms with E-state index in [-0.39, 0.29) is 6.04 Å². The van der Waals surface area contributed by atoms with Crippen molar-refractivity contribution in [3.63, 3.8) is 0 Å². The Morgan fingerprint density at radius 2 is 1.96 bits per heavy atom. The molecule has 116 valence electrons. The fourth-order valence-corrected chi connectivity index (χ4v) is 3.38. The van der Waals surface area contributed by atoms with E-state index < -0.39 is 0 Å². The minimum atomic E-state index is 0.0587. The topological polar surface area (TPSA) is 46.8 Å². The molecule has 0 N–H and O–H groups in total. The number of rotatable bonds is 3. The van der Waals surface area contributed by atoms with Crippen molar-refractivity contribution in [2.24, 2.45) is 0 Å². The minimum Gasteiger partial charge on any atom is -0.328 e. The van der Waals surface area contributed by atoms with Gasteiger partial charge in [0.15, 0.2) is 0 Å². The Hall–Kier alpha value is -2.40. The highest BCUT2D eigenvalue weighted by molar-refractivity contribution is 6.30. The average Bonchev–Trinajstić information content (AvgIpc) is 3.05. The zero-order valence-corrected chi connectivity index (χ0v) is 13.5. The van der Waals surface area contributed by atoms with E-state index in [1.807, 2.05) is 24.3 Å². The monoisotopic (exact) mass is 325 g/mol. The number of tetrazole rings is 1. The summed E-state index contributed by atoms with van der Waals surface area (Å²) in [6, 6.07) is 16.3. The van der Waals surface area contributed by atoms with E-state index in [9.17, 15) is 0 Å². The van der Waals surface area contributed by atoms with Gasteiger partial charge in [0, 0.05) is 17.1 Å². The van der Waals surface area contributed by atoms with E-state index in [0.717, 1.165) is 35.2 Å². The van der Waals surface area contributed by atoms with Gasteiger partial charge in [0.2, 0.25) is 0 Å².